The van der Waals surface area contributed by atoms with Gasteiger partial charge in [0.15, 0.2) is 0 Å². The van der Waals surface area contributed by atoms with Crippen LogP contribution >= 0.6 is 0 Å². The highest BCUT2D eigenvalue weighted by molar-refractivity contribution is 5.05. The Kier molecular flexibility index (Phi) is 4.17. The van der Waals surface area contributed by atoms with Gasteiger partial charge in [0.1, 0.15) is 5.60 Å². The smallest absolute Gasteiger partial charge is 0.128 e. The van der Waals surface area contributed by atoms with Gasteiger partial charge in [-0.05, 0) is 20.8 Å². The van der Waals surface area contributed by atoms with Gasteiger partial charge < -0.3 is 9.84 Å². The summed E-state index contributed by atoms with van der Waals surface area (Å²) in [6, 6.07) is 0. The molecule has 0 aromatic rings. The van der Waals surface area contributed by atoms with Crippen molar-refractivity contribution in [2.45, 2.75) is 38.9 Å². The molecule has 11 heavy (non-hydrogen) atoms. The predicted molar refractivity (Wildman–Crippen MR) is 45.2 cm³/mol. The van der Waals surface area contributed by atoms with E-state index >= 15 is 0 Å². The Hall–Kier alpha value is -0.520. The van der Waals surface area contributed by atoms with Crippen molar-refractivity contribution in [2.75, 3.05) is 6.61 Å². The number of terminal acetylenes is 1. The van der Waals surface area contributed by atoms with E-state index in [2.05, 4.69) is 5.92 Å². The van der Waals surface area contributed by atoms with Crippen molar-refractivity contribution in [3.63, 3.8) is 0 Å². The van der Waals surface area contributed by atoms with Crippen molar-refractivity contribution < 1.29 is 9.84 Å². The summed E-state index contributed by atoms with van der Waals surface area (Å²) < 4.78 is 5.43. The molecule has 1 N–H and O–H groups in total. The van der Waals surface area contributed by atoms with Gasteiger partial charge in [-0.25, -0.2) is 0 Å². The van der Waals surface area contributed by atoms with Crippen molar-refractivity contribution in [1.29, 1.82) is 0 Å². The monoisotopic (exact) mass is 156 g/mol. The van der Waals surface area contributed by atoms with Crippen molar-refractivity contribution in [3.8, 4) is 12.3 Å². The average molecular weight is 156 g/mol. The summed E-state index contributed by atoms with van der Waals surface area (Å²) in [6.45, 7) is 5.72. The van der Waals surface area contributed by atoms with E-state index in [4.69, 9.17) is 16.3 Å². The van der Waals surface area contributed by atoms with Gasteiger partial charge in [-0.3, -0.25) is 0 Å². The molecule has 0 saturated heterocycles. The lowest BCUT2D eigenvalue weighted by atomic mass is 10.0. The highest BCUT2D eigenvalue weighted by Crippen LogP contribution is 2.15. The predicted octanol–water partition coefficient (Wildman–Crippen LogP) is 1.19. The summed E-state index contributed by atoms with van der Waals surface area (Å²) >= 11 is 0. The van der Waals surface area contributed by atoms with E-state index < -0.39 is 5.60 Å². The Labute approximate surface area is 68.6 Å². The lowest BCUT2D eigenvalue weighted by molar-refractivity contribution is -0.0406. The number of hydrogen-bond acceptors (Lipinski definition) is 2. The van der Waals surface area contributed by atoms with E-state index in [1.807, 2.05) is 20.8 Å². The molecule has 0 rings (SSSR count). The van der Waals surface area contributed by atoms with Crippen LogP contribution < -0.4 is 0 Å². The molecule has 0 saturated carbocycles. The third kappa shape index (κ3) is 4.02. The molecule has 0 aromatic heterocycles. The van der Waals surface area contributed by atoms with Crippen LogP contribution in [0, 0.1) is 12.3 Å². The first kappa shape index (κ1) is 10.5. The fraction of sp³-hybridized carbons (Fsp3) is 0.778. The normalized spacial score (nSPS) is 16.0. The number of hydrogen-bond donors (Lipinski definition) is 1. The zero-order chi connectivity index (χ0) is 8.91. The molecule has 1 unspecified atom stereocenters. The second-order valence-corrected chi connectivity index (χ2v) is 3.02. The Balaban J connectivity index is 4.02. The molecular weight excluding hydrogens is 140 g/mol. The molecule has 0 aliphatic carbocycles. The SMILES string of the molecule is C#CC(C)(CCO)OC(C)C. The zero-order valence-corrected chi connectivity index (χ0v) is 7.42. The van der Waals surface area contributed by atoms with Crippen LogP contribution in [0.1, 0.15) is 27.2 Å². The number of rotatable bonds is 4. The van der Waals surface area contributed by atoms with Gasteiger partial charge >= 0.3 is 0 Å². The van der Waals surface area contributed by atoms with Crippen molar-refractivity contribution >= 4 is 0 Å². The van der Waals surface area contributed by atoms with Gasteiger partial charge in [-0.2, -0.15) is 0 Å². The van der Waals surface area contributed by atoms with Crippen LogP contribution in [0.5, 0.6) is 0 Å². The summed E-state index contributed by atoms with van der Waals surface area (Å²) in [5, 5.41) is 8.67. The summed E-state index contributed by atoms with van der Waals surface area (Å²) in [4.78, 5) is 0. The van der Waals surface area contributed by atoms with Gasteiger partial charge in [0.25, 0.3) is 0 Å². The van der Waals surface area contributed by atoms with Crippen LogP contribution in [-0.4, -0.2) is 23.4 Å². The van der Waals surface area contributed by atoms with Gasteiger partial charge in [-0.1, -0.05) is 5.92 Å². The molecule has 0 fully saturated rings. The Morgan fingerprint density at radius 2 is 2.18 bits per heavy atom. The molecule has 0 spiro atoms. The van der Waals surface area contributed by atoms with E-state index in [9.17, 15) is 0 Å². The lowest BCUT2D eigenvalue weighted by Gasteiger charge is -2.25. The highest BCUT2D eigenvalue weighted by atomic mass is 16.5. The molecule has 0 aliphatic heterocycles. The second-order valence-electron chi connectivity index (χ2n) is 3.02. The standard InChI is InChI=1S/C9H16O2/c1-5-9(4,6-7-10)11-8(2)3/h1,8,10H,6-7H2,2-4H3. The van der Waals surface area contributed by atoms with E-state index in [1.54, 1.807) is 0 Å². The maximum atomic E-state index is 8.67. The van der Waals surface area contributed by atoms with E-state index in [-0.39, 0.29) is 12.7 Å². The van der Waals surface area contributed by atoms with Crippen LogP contribution in [-0.2, 0) is 4.74 Å². The fourth-order valence-electron chi connectivity index (χ4n) is 0.899. The molecule has 0 bridgehead atoms. The van der Waals surface area contributed by atoms with E-state index in [0.29, 0.717) is 6.42 Å². The van der Waals surface area contributed by atoms with Crippen LogP contribution in [0.3, 0.4) is 0 Å². The molecule has 0 radical (unpaired) electrons. The minimum atomic E-state index is -0.608. The minimum absolute atomic E-state index is 0.0629. The first-order valence-electron chi connectivity index (χ1n) is 3.80. The number of aliphatic hydroxyl groups is 1. The highest BCUT2D eigenvalue weighted by Gasteiger charge is 2.22. The van der Waals surface area contributed by atoms with E-state index in [1.165, 1.54) is 0 Å². The number of ether oxygens (including phenoxy) is 1. The van der Waals surface area contributed by atoms with E-state index in [0.717, 1.165) is 0 Å². The van der Waals surface area contributed by atoms with Crippen molar-refractivity contribution in [2.24, 2.45) is 0 Å². The molecule has 0 amide bonds. The Bertz CT molecular complexity index is 146. The first-order valence-corrected chi connectivity index (χ1v) is 3.80. The molecule has 0 heterocycles. The summed E-state index contributed by atoms with van der Waals surface area (Å²) in [5.74, 6) is 2.53. The third-order valence-corrected chi connectivity index (χ3v) is 1.39. The molecule has 64 valence electrons. The van der Waals surface area contributed by atoms with Crippen LogP contribution in [0.2, 0.25) is 0 Å². The van der Waals surface area contributed by atoms with Crippen molar-refractivity contribution in [3.05, 3.63) is 0 Å². The quantitative estimate of drug-likeness (QED) is 0.619. The first-order chi connectivity index (χ1) is 5.04. The molecule has 2 nitrogen and oxygen atoms in total. The summed E-state index contributed by atoms with van der Waals surface area (Å²) in [5.41, 5.74) is -0.608. The maximum absolute atomic E-state index is 8.67. The van der Waals surface area contributed by atoms with Crippen LogP contribution in [0.25, 0.3) is 0 Å². The lowest BCUT2D eigenvalue weighted by Crippen LogP contribution is -2.31. The summed E-state index contributed by atoms with van der Waals surface area (Å²) in [7, 11) is 0. The topological polar surface area (TPSA) is 29.5 Å². The minimum Gasteiger partial charge on any atom is -0.396 e. The third-order valence-electron chi connectivity index (χ3n) is 1.39. The van der Waals surface area contributed by atoms with Gasteiger partial charge in [-0.15, -0.1) is 6.42 Å². The molecule has 1 atom stereocenters. The fourth-order valence-corrected chi connectivity index (χ4v) is 0.899. The average Bonchev–Trinajstić information content (AvgIpc) is 1.87. The number of aliphatic hydroxyl groups excluding tert-OH is 1. The molecule has 2 heteroatoms. The molecular formula is C9H16O2. The summed E-state index contributed by atoms with van der Waals surface area (Å²) in [6.07, 6.45) is 5.84. The molecule has 0 aromatic carbocycles. The van der Waals surface area contributed by atoms with Gasteiger partial charge in [0.05, 0.1) is 6.10 Å². The molecule has 0 aliphatic rings. The second kappa shape index (κ2) is 4.38. The van der Waals surface area contributed by atoms with Gasteiger partial charge in [0, 0.05) is 13.0 Å². The van der Waals surface area contributed by atoms with Crippen molar-refractivity contribution in [1.82, 2.24) is 0 Å². The largest absolute Gasteiger partial charge is 0.396 e. The Morgan fingerprint density at radius 3 is 2.45 bits per heavy atom. The van der Waals surface area contributed by atoms with Gasteiger partial charge in [0.2, 0.25) is 0 Å². The van der Waals surface area contributed by atoms with Crippen LogP contribution in [0.15, 0.2) is 0 Å². The van der Waals surface area contributed by atoms with Crippen LogP contribution in [0.4, 0.5) is 0 Å². The Morgan fingerprint density at radius 1 is 1.64 bits per heavy atom. The maximum Gasteiger partial charge on any atom is 0.128 e. The zero-order valence-electron chi connectivity index (χ0n) is 7.42.